The van der Waals surface area contributed by atoms with Crippen LogP contribution in [-0.4, -0.2) is 68.0 Å². The highest BCUT2D eigenvalue weighted by Gasteiger charge is 2.45. The lowest BCUT2D eigenvalue weighted by Gasteiger charge is -2.37. The minimum Gasteiger partial charge on any atom is -0.465 e. The molecule has 3 aromatic rings. The fourth-order valence-corrected chi connectivity index (χ4v) is 5.83. The molecular weight excluding hydrogens is 508 g/mol. The summed E-state index contributed by atoms with van der Waals surface area (Å²) in [6, 6.07) is 14.5. The standard InChI is InChI=1S/C30H34N6O4/c1-30(2,3)25-22(12-14-36(25)29(39)40)34-27(37)24-26(31)32-16-23(33-24)19-9-6-10-20(15-19)28(38)35-13-11-18-7-4-5-8-21(18)17-35/h4-10,15-16,22,25H,11-14,17H2,1-3H3,(H2,31,32)(H,34,37)(H,39,40)/t22-,25?/m0/s1. The van der Waals surface area contributed by atoms with Crippen LogP contribution in [0.2, 0.25) is 0 Å². The van der Waals surface area contributed by atoms with E-state index in [1.54, 1.807) is 18.2 Å². The van der Waals surface area contributed by atoms with Crippen LogP contribution in [0.1, 0.15) is 59.2 Å². The second-order valence-electron chi connectivity index (χ2n) is 11.5. The molecular formula is C30H34N6O4. The summed E-state index contributed by atoms with van der Waals surface area (Å²) in [7, 11) is 0. The number of aromatic nitrogens is 2. The van der Waals surface area contributed by atoms with Gasteiger partial charge in [0.05, 0.1) is 24.0 Å². The van der Waals surface area contributed by atoms with Crippen LogP contribution in [0.3, 0.4) is 0 Å². The molecule has 2 aliphatic rings. The van der Waals surface area contributed by atoms with Gasteiger partial charge in [0, 0.05) is 30.8 Å². The number of amides is 3. The van der Waals surface area contributed by atoms with Gasteiger partial charge in [-0.2, -0.15) is 0 Å². The molecule has 2 atom stereocenters. The SMILES string of the molecule is CC(C)(C)C1[C@@H](NC(=O)c2nc(-c3cccc(C(=O)N4CCc5ccccc5C4)c3)cnc2N)CCN1C(=O)O. The Hall–Kier alpha value is -4.47. The third-order valence-electron chi connectivity index (χ3n) is 7.69. The van der Waals surface area contributed by atoms with Gasteiger partial charge in [-0.15, -0.1) is 0 Å². The summed E-state index contributed by atoms with van der Waals surface area (Å²) in [5.74, 6) is -0.617. The predicted octanol–water partition coefficient (Wildman–Crippen LogP) is 3.82. The lowest BCUT2D eigenvalue weighted by atomic mass is 9.82. The number of rotatable bonds is 4. The number of hydrogen-bond donors (Lipinski definition) is 3. The van der Waals surface area contributed by atoms with E-state index in [-0.39, 0.29) is 17.4 Å². The number of carbonyl (C=O) groups is 3. The highest BCUT2D eigenvalue weighted by atomic mass is 16.4. The van der Waals surface area contributed by atoms with Crippen molar-refractivity contribution in [2.24, 2.45) is 5.41 Å². The molecule has 0 aliphatic carbocycles. The maximum atomic E-state index is 13.4. The first-order chi connectivity index (χ1) is 19.0. The van der Waals surface area contributed by atoms with Crippen molar-refractivity contribution >= 4 is 23.7 Å². The van der Waals surface area contributed by atoms with Crippen molar-refractivity contribution in [3.05, 3.63) is 77.1 Å². The van der Waals surface area contributed by atoms with E-state index in [2.05, 4.69) is 27.4 Å². The van der Waals surface area contributed by atoms with Crippen molar-refractivity contribution in [2.45, 2.75) is 52.2 Å². The second-order valence-corrected chi connectivity index (χ2v) is 11.5. The van der Waals surface area contributed by atoms with Gasteiger partial charge in [0.2, 0.25) is 0 Å². The Balaban J connectivity index is 1.36. The van der Waals surface area contributed by atoms with Crippen LogP contribution in [-0.2, 0) is 13.0 Å². The number of nitrogens with one attached hydrogen (secondary N) is 1. The molecule has 10 nitrogen and oxygen atoms in total. The Morgan fingerprint density at radius 1 is 1.05 bits per heavy atom. The number of carboxylic acid groups (broad SMARTS) is 1. The van der Waals surface area contributed by atoms with Gasteiger partial charge in [0.1, 0.15) is 0 Å². The van der Waals surface area contributed by atoms with Crippen molar-refractivity contribution in [1.29, 1.82) is 0 Å². The number of nitrogens with two attached hydrogens (primary N) is 1. The van der Waals surface area contributed by atoms with Gasteiger partial charge in [0.15, 0.2) is 11.5 Å². The van der Waals surface area contributed by atoms with Gasteiger partial charge in [0.25, 0.3) is 11.8 Å². The van der Waals surface area contributed by atoms with Crippen molar-refractivity contribution in [3.63, 3.8) is 0 Å². The topological polar surface area (TPSA) is 142 Å². The zero-order chi connectivity index (χ0) is 28.6. The number of likely N-dealkylation sites (tertiary alicyclic amines) is 1. The summed E-state index contributed by atoms with van der Waals surface area (Å²) in [5.41, 5.74) is 9.61. The van der Waals surface area contributed by atoms with E-state index in [0.717, 1.165) is 12.0 Å². The number of hydrogen-bond acceptors (Lipinski definition) is 6. The van der Waals surface area contributed by atoms with Crippen molar-refractivity contribution in [1.82, 2.24) is 25.1 Å². The number of nitrogen functional groups attached to an aromatic ring is 1. The molecule has 10 heteroatoms. The molecule has 2 aliphatic heterocycles. The molecule has 0 bridgehead atoms. The van der Waals surface area contributed by atoms with Crippen LogP contribution < -0.4 is 11.1 Å². The number of benzene rings is 2. The molecule has 40 heavy (non-hydrogen) atoms. The smallest absolute Gasteiger partial charge is 0.407 e. The van der Waals surface area contributed by atoms with Gasteiger partial charge < -0.3 is 26.0 Å². The van der Waals surface area contributed by atoms with Gasteiger partial charge in [-0.3, -0.25) is 9.59 Å². The first kappa shape index (κ1) is 27.1. The number of fused-ring (bicyclic) bond motifs is 1. The number of anilines is 1. The van der Waals surface area contributed by atoms with Crippen LogP contribution in [0.4, 0.5) is 10.6 Å². The van der Waals surface area contributed by atoms with E-state index >= 15 is 0 Å². The fourth-order valence-electron chi connectivity index (χ4n) is 5.83. The highest BCUT2D eigenvalue weighted by molar-refractivity contribution is 5.98. The van der Waals surface area contributed by atoms with E-state index in [0.29, 0.717) is 42.9 Å². The molecule has 0 spiro atoms. The van der Waals surface area contributed by atoms with Gasteiger partial charge in [-0.1, -0.05) is 57.2 Å². The van der Waals surface area contributed by atoms with Crippen molar-refractivity contribution in [2.75, 3.05) is 18.8 Å². The average molecular weight is 543 g/mol. The number of nitrogens with zero attached hydrogens (tertiary/aromatic N) is 4. The average Bonchev–Trinajstić information content (AvgIpc) is 3.37. The van der Waals surface area contributed by atoms with E-state index in [1.807, 2.05) is 43.9 Å². The van der Waals surface area contributed by atoms with E-state index in [9.17, 15) is 19.5 Å². The Morgan fingerprint density at radius 2 is 1.80 bits per heavy atom. The Labute approximate surface area is 233 Å². The lowest BCUT2D eigenvalue weighted by Crippen LogP contribution is -2.53. The fraction of sp³-hybridized carbons (Fsp3) is 0.367. The molecule has 0 radical (unpaired) electrons. The molecule has 5 rings (SSSR count). The Kier molecular flexibility index (Phi) is 7.18. The summed E-state index contributed by atoms with van der Waals surface area (Å²) >= 11 is 0. The molecule has 1 fully saturated rings. The molecule has 1 saturated heterocycles. The third-order valence-corrected chi connectivity index (χ3v) is 7.69. The quantitative estimate of drug-likeness (QED) is 0.455. The van der Waals surface area contributed by atoms with Crippen molar-refractivity contribution in [3.8, 4) is 11.3 Å². The predicted molar refractivity (Wildman–Crippen MR) is 151 cm³/mol. The Bertz CT molecular complexity index is 1470. The Morgan fingerprint density at radius 3 is 2.52 bits per heavy atom. The summed E-state index contributed by atoms with van der Waals surface area (Å²) < 4.78 is 0. The minimum absolute atomic E-state index is 0.0270. The van der Waals surface area contributed by atoms with E-state index < -0.39 is 29.5 Å². The molecule has 4 N–H and O–H groups in total. The zero-order valence-corrected chi connectivity index (χ0v) is 22.9. The van der Waals surface area contributed by atoms with Gasteiger partial charge in [-0.25, -0.2) is 14.8 Å². The van der Waals surface area contributed by atoms with Crippen LogP contribution in [0.5, 0.6) is 0 Å². The van der Waals surface area contributed by atoms with Crippen LogP contribution in [0, 0.1) is 5.41 Å². The summed E-state index contributed by atoms with van der Waals surface area (Å²) in [4.78, 5) is 50.4. The largest absolute Gasteiger partial charge is 0.465 e. The monoisotopic (exact) mass is 542 g/mol. The molecule has 3 amide bonds. The minimum atomic E-state index is -1.01. The summed E-state index contributed by atoms with van der Waals surface area (Å²) in [6.07, 6.45) is 1.76. The third kappa shape index (κ3) is 5.34. The molecule has 1 aromatic heterocycles. The lowest BCUT2D eigenvalue weighted by molar-refractivity contribution is 0.0734. The summed E-state index contributed by atoms with van der Waals surface area (Å²) in [6.45, 7) is 7.37. The molecule has 2 aromatic carbocycles. The molecule has 208 valence electrons. The van der Waals surface area contributed by atoms with Gasteiger partial charge >= 0.3 is 6.09 Å². The van der Waals surface area contributed by atoms with Crippen LogP contribution in [0.25, 0.3) is 11.3 Å². The van der Waals surface area contributed by atoms with E-state index in [1.165, 1.54) is 16.7 Å². The first-order valence-electron chi connectivity index (χ1n) is 13.4. The van der Waals surface area contributed by atoms with E-state index in [4.69, 9.17) is 5.73 Å². The first-order valence-corrected chi connectivity index (χ1v) is 13.4. The van der Waals surface area contributed by atoms with Crippen LogP contribution >= 0.6 is 0 Å². The maximum absolute atomic E-state index is 13.4. The second kappa shape index (κ2) is 10.6. The maximum Gasteiger partial charge on any atom is 0.407 e. The summed E-state index contributed by atoms with van der Waals surface area (Å²) in [5, 5.41) is 12.6. The molecule has 3 heterocycles. The normalized spacial score (nSPS) is 18.8. The highest BCUT2D eigenvalue weighted by Crippen LogP contribution is 2.33. The van der Waals surface area contributed by atoms with Crippen LogP contribution in [0.15, 0.2) is 54.7 Å². The molecule has 0 saturated carbocycles. The zero-order valence-electron chi connectivity index (χ0n) is 22.9. The molecule has 1 unspecified atom stereocenters. The van der Waals surface area contributed by atoms with Crippen molar-refractivity contribution < 1.29 is 19.5 Å². The number of carbonyl (C=O) groups excluding carboxylic acids is 2. The van der Waals surface area contributed by atoms with Gasteiger partial charge in [-0.05, 0) is 41.5 Å².